The summed E-state index contributed by atoms with van der Waals surface area (Å²) in [7, 11) is 0. The highest BCUT2D eigenvalue weighted by atomic mass is 15.1. The minimum absolute atomic E-state index is 0.0531. The summed E-state index contributed by atoms with van der Waals surface area (Å²) < 4.78 is 0. The van der Waals surface area contributed by atoms with E-state index in [2.05, 4.69) is 21.4 Å². The Bertz CT molecular complexity index is 233. The number of nitrogens with one attached hydrogen (secondary N) is 1. The summed E-state index contributed by atoms with van der Waals surface area (Å²) in [5.74, 6) is 0.510. The molecule has 70 valence electrons. The maximum Gasteiger partial charge on any atom is 0.0981 e. The fourth-order valence-electron chi connectivity index (χ4n) is 1.41. The van der Waals surface area contributed by atoms with Crippen molar-refractivity contribution in [1.29, 1.82) is 5.26 Å². The molecule has 0 radical (unpaired) electrons. The van der Waals surface area contributed by atoms with Crippen molar-refractivity contribution >= 4 is 0 Å². The van der Waals surface area contributed by atoms with Crippen LogP contribution < -0.4 is 5.32 Å². The van der Waals surface area contributed by atoms with E-state index in [1.54, 1.807) is 0 Å². The molecule has 13 heavy (non-hydrogen) atoms. The molecule has 0 heterocycles. The highest BCUT2D eigenvalue weighted by molar-refractivity contribution is 4.97. The Hall–Kier alpha value is -1.24. The summed E-state index contributed by atoms with van der Waals surface area (Å²) in [6.45, 7) is 1.01. The largest absolute Gasteiger partial charge is 0.302 e. The van der Waals surface area contributed by atoms with Crippen LogP contribution in [0.5, 0.6) is 0 Å². The van der Waals surface area contributed by atoms with Gasteiger partial charge >= 0.3 is 0 Å². The summed E-state index contributed by atoms with van der Waals surface area (Å²) in [5, 5.41) is 15.3. The van der Waals surface area contributed by atoms with Gasteiger partial charge < -0.3 is 5.32 Å². The SMILES string of the molecule is N#CC(NCCN=[N+]=[N-])C1CCC1. The van der Waals surface area contributed by atoms with Gasteiger partial charge in [0.2, 0.25) is 0 Å². The molecule has 0 aromatic heterocycles. The third kappa shape index (κ3) is 2.94. The number of hydrogen-bond acceptors (Lipinski definition) is 3. The molecule has 1 fully saturated rings. The standard InChI is InChI=1S/C8H13N5/c9-6-8(7-2-1-3-7)11-4-5-12-13-10/h7-8,11H,1-5H2. The van der Waals surface area contributed by atoms with E-state index in [4.69, 9.17) is 10.8 Å². The van der Waals surface area contributed by atoms with Gasteiger partial charge in [0, 0.05) is 18.0 Å². The first-order valence-corrected chi connectivity index (χ1v) is 4.52. The molecule has 1 rings (SSSR count). The molecule has 0 amide bonds. The van der Waals surface area contributed by atoms with Crippen molar-refractivity contribution in [3.05, 3.63) is 10.4 Å². The number of nitriles is 1. The molecule has 0 spiro atoms. The molecule has 5 heteroatoms. The van der Waals surface area contributed by atoms with Crippen LogP contribution in [0.3, 0.4) is 0 Å². The Morgan fingerprint density at radius 2 is 2.46 bits per heavy atom. The topological polar surface area (TPSA) is 84.6 Å². The van der Waals surface area contributed by atoms with Gasteiger partial charge in [-0.3, -0.25) is 0 Å². The van der Waals surface area contributed by atoms with Gasteiger partial charge in [0.1, 0.15) is 0 Å². The van der Waals surface area contributed by atoms with Crippen molar-refractivity contribution in [2.24, 2.45) is 11.0 Å². The van der Waals surface area contributed by atoms with Gasteiger partial charge in [0.25, 0.3) is 0 Å². The molecular weight excluding hydrogens is 166 g/mol. The Morgan fingerprint density at radius 3 is 2.92 bits per heavy atom. The van der Waals surface area contributed by atoms with Crippen LogP contribution in [0, 0.1) is 17.2 Å². The second-order valence-electron chi connectivity index (χ2n) is 3.21. The predicted octanol–water partition coefficient (Wildman–Crippen LogP) is 1.58. The third-order valence-electron chi connectivity index (χ3n) is 2.40. The first kappa shape index (κ1) is 9.85. The summed E-state index contributed by atoms with van der Waals surface area (Å²) in [6, 6.07) is 2.18. The summed E-state index contributed by atoms with van der Waals surface area (Å²) in [5.41, 5.74) is 8.02. The molecule has 1 aliphatic rings. The number of nitrogens with zero attached hydrogens (tertiary/aromatic N) is 4. The molecule has 0 aromatic carbocycles. The van der Waals surface area contributed by atoms with E-state index < -0.39 is 0 Å². The quantitative estimate of drug-likeness (QED) is 0.300. The van der Waals surface area contributed by atoms with Crippen molar-refractivity contribution in [1.82, 2.24) is 5.32 Å². The van der Waals surface area contributed by atoms with Crippen LogP contribution in [-0.4, -0.2) is 19.1 Å². The minimum atomic E-state index is -0.0531. The van der Waals surface area contributed by atoms with E-state index in [-0.39, 0.29) is 6.04 Å². The molecule has 0 saturated heterocycles. The zero-order valence-corrected chi connectivity index (χ0v) is 7.48. The minimum Gasteiger partial charge on any atom is -0.302 e. The van der Waals surface area contributed by atoms with Gasteiger partial charge in [-0.15, -0.1) is 0 Å². The van der Waals surface area contributed by atoms with Gasteiger partial charge in [-0.05, 0) is 24.3 Å². The smallest absolute Gasteiger partial charge is 0.0981 e. The average molecular weight is 179 g/mol. The predicted molar refractivity (Wildman–Crippen MR) is 48.8 cm³/mol. The lowest BCUT2D eigenvalue weighted by atomic mass is 9.80. The Labute approximate surface area is 77.4 Å². The normalized spacial score (nSPS) is 18.1. The van der Waals surface area contributed by atoms with Gasteiger partial charge in [0.15, 0.2) is 0 Å². The van der Waals surface area contributed by atoms with Crippen molar-refractivity contribution in [3.63, 3.8) is 0 Å². The maximum absolute atomic E-state index is 8.80. The fraction of sp³-hybridized carbons (Fsp3) is 0.875. The summed E-state index contributed by atoms with van der Waals surface area (Å²) in [4.78, 5) is 2.64. The third-order valence-corrected chi connectivity index (χ3v) is 2.40. The van der Waals surface area contributed by atoms with Crippen LogP contribution in [0.4, 0.5) is 0 Å². The monoisotopic (exact) mass is 179 g/mol. The molecule has 5 nitrogen and oxygen atoms in total. The van der Waals surface area contributed by atoms with E-state index in [0.29, 0.717) is 19.0 Å². The molecule has 0 aliphatic heterocycles. The Kier molecular flexibility index (Phi) is 4.10. The Morgan fingerprint density at radius 1 is 1.69 bits per heavy atom. The molecule has 0 bridgehead atoms. The van der Waals surface area contributed by atoms with Crippen molar-refractivity contribution in [2.45, 2.75) is 25.3 Å². The summed E-state index contributed by atoms with van der Waals surface area (Å²) >= 11 is 0. The second-order valence-corrected chi connectivity index (χ2v) is 3.21. The van der Waals surface area contributed by atoms with Crippen LogP contribution in [0.2, 0.25) is 0 Å². The molecule has 1 aliphatic carbocycles. The zero-order chi connectivity index (χ0) is 9.52. The molecule has 1 N–H and O–H groups in total. The van der Waals surface area contributed by atoms with Crippen LogP contribution in [0.25, 0.3) is 10.4 Å². The molecule has 1 unspecified atom stereocenters. The number of hydrogen-bond donors (Lipinski definition) is 1. The van der Waals surface area contributed by atoms with E-state index in [1.807, 2.05) is 0 Å². The molecule has 0 aromatic rings. The first-order chi connectivity index (χ1) is 6.38. The fourth-order valence-corrected chi connectivity index (χ4v) is 1.41. The molecule has 1 atom stereocenters. The molecule has 1 saturated carbocycles. The van der Waals surface area contributed by atoms with Crippen LogP contribution in [-0.2, 0) is 0 Å². The Balaban J connectivity index is 2.16. The van der Waals surface area contributed by atoms with Gasteiger partial charge in [-0.25, -0.2) is 0 Å². The van der Waals surface area contributed by atoms with Crippen molar-refractivity contribution in [2.75, 3.05) is 13.1 Å². The zero-order valence-electron chi connectivity index (χ0n) is 7.48. The number of azide groups is 1. The first-order valence-electron chi connectivity index (χ1n) is 4.52. The van der Waals surface area contributed by atoms with E-state index in [9.17, 15) is 0 Å². The number of rotatable bonds is 5. The van der Waals surface area contributed by atoms with Crippen LogP contribution in [0.1, 0.15) is 19.3 Å². The lowest BCUT2D eigenvalue weighted by molar-refractivity contribution is 0.265. The van der Waals surface area contributed by atoms with Crippen LogP contribution in [0.15, 0.2) is 5.11 Å². The highest BCUT2D eigenvalue weighted by Crippen LogP contribution is 2.29. The van der Waals surface area contributed by atoms with Crippen molar-refractivity contribution < 1.29 is 0 Å². The summed E-state index contributed by atoms with van der Waals surface area (Å²) in [6.07, 6.45) is 3.53. The van der Waals surface area contributed by atoms with E-state index in [0.717, 1.165) is 12.8 Å². The van der Waals surface area contributed by atoms with Gasteiger partial charge in [-0.1, -0.05) is 11.5 Å². The lowest BCUT2D eigenvalue weighted by Gasteiger charge is -2.29. The van der Waals surface area contributed by atoms with Gasteiger partial charge in [0.05, 0.1) is 12.1 Å². The van der Waals surface area contributed by atoms with Gasteiger partial charge in [-0.2, -0.15) is 5.26 Å². The lowest BCUT2D eigenvalue weighted by Crippen LogP contribution is -2.39. The van der Waals surface area contributed by atoms with E-state index >= 15 is 0 Å². The van der Waals surface area contributed by atoms with E-state index in [1.165, 1.54) is 6.42 Å². The molecular formula is C8H13N5. The maximum atomic E-state index is 8.80. The van der Waals surface area contributed by atoms with Crippen molar-refractivity contribution in [3.8, 4) is 6.07 Å². The van der Waals surface area contributed by atoms with Crippen LogP contribution >= 0.6 is 0 Å². The second kappa shape index (κ2) is 5.41. The average Bonchev–Trinajstić information content (AvgIpc) is 2.07. The highest BCUT2D eigenvalue weighted by Gasteiger charge is 2.26.